The quantitative estimate of drug-likeness (QED) is 0.540. The molecule has 6 nitrogen and oxygen atoms in total. The maximum atomic E-state index is 13.4. The van der Waals surface area contributed by atoms with Gasteiger partial charge in [-0.2, -0.15) is 0 Å². The predicted molar refractivity (Wildman–Crippen MR) is 129 cm³/mol. The van der Waals surface area contributed by atoms with Crippen LogP contribution in [0.3, 0.4) is 0 Å². The van der Waals surface area contributed by atoms with E-state index < -0.39 is 16.8 Å². The minimum absolute atomic E-state index is 0.00153. The lowest BCUT2D eigenvalue weighted by Gasteiger charge is -2.19. The van der Waals surface area contributed by atoms with E-state index in [4.69, 9.17) is 9.47 Å². The first-order valence-electron chi connectivity index (χ1n) is 10.9. The number of carbonyl (C=O) groups excluding carboxylic acids is 1. The molecule has 0 saturated heterocycles. The standard InChI is InChI=1S/C26H26N2O4S/c1-17-21(18-7-10-20(11-8-18)33(30)28(2)3)5-4-6-22(17)27-25(29)26(13-14-26)19-9-12-23-24(15-19)32-16-31-23/h4-12,15H,13-14,16H2,1-3H3,(H,27,29). The summed E-state index contributed by atoms with van der Waals surface area (Å²) >= 11 is -1.18. The summed E-state index contributed by atoms with van der Waals surface area (Å²) in [5.41, 5.74) is 4.27. The van der Waals surface area contributed by atoms with Gasteiger partial charge < -0.3 is 19.3 Å². The third-order valence-electron chi connectivity index (χ3n) is 6.39. The molecule has 1 unspecified atom stereocenters. The van der Waals surface area contributed by atoms with Crippen LogP contribution in [0.2, 0.25) is 0 Å². The Labute approximate surface area is 196 Å². The Morgan fingerprint density at radius 3 is 2.45 bits per heavy atom. The Kier molecular flexibility index (Phi) is 5.56. The largest absolute Gasteiger partial charge is 0.593 e. The maximum absolute atomic E-state index is 13.4. The second kappa shape index (κ2) is 8.41. The van der Waals surface area contributed by atoms with Crippen molar-refractivity contribution in [3.8, 4) is 22.6 Å². The first-order valence-corrected chi connectivity index (χ1v) is 12.0. The van der Waals surface area contributed by atoms with Gasteiger partial charge in [0, 0.05) is 19.8 Å². The number of benzene rings is 3. The van der Waals surface area contributed by atoms with Crippen molar-refractivity contribution in [2.45, 2.75) is 30.1 Å². The third kappa shape index (κ3) is 3.97. The molecule has 0 spiro atoms. The van der Waals surface area contributed by atoms with Gasteiger partial charge in [0.1, 0.15) is 0 Å². The minimum Gasteiger partial charge on any atom is -0.593 e. The Balaban J connectivity index is 1.38. The monoisotopic (exact) mass is 462 g/mol. The van der Waals surface area contributed by atoms with Crippen molar-refractivity contribution < 1.29 is 18.8 Å². The fraction of sp³-hybridized carbons (Fsp3) is 0.269. The number of hydrogen-bond donors (Lipinski definition) is 1. The number of fused-ring (bicyclic) bond motifs is 1. The van der Waals surface area contributed by atoms with E-state index in [1.807, 2.05) is 67.6 Å². The summed E-state index contributed by atoms with van der Waals surface area (Å²) in [6.07, 6.45) is 1.61. The maximum Gasteiger partial charge on any atom is 0.235 e. The normalized spacial score (nSPS) is 16.5. The molecule has 1 N–H and O–H groups in total. The van der Waals surface area contributed by atoms with Gasteiger partial charge in [-0.1, -0.05) is 18.2 Å². The molecular formula is C26H26N2O4S. The van der Waals surface area contributed by atoms with Crippen molar-refractivity contribution in [1.82, 2.24) is 4.31 Å². The zero-order valence-corrected chi connectivity index (χ0v) is 19.7. The first-order chi connectivity index (χ1) is 15.9. The average Bonchev–Trinajstić information content (AvgIpc) is 3.51. The fourth-order valence-corrected chi connectivity index (χ4v) is 5.04. The lowest BCUT2D eigenvalue weighted by Crippen LogP contribution is -2.28. The molecule has 2 aliphatic rings. The molecule has 1 aliphatic heterocycles. The molecule has 0 radical (unpaired) electrons. The van der Waals surface area contributed by atoms with Crippen molar-refractivity contribution in [1.29, 1.82) is 0 Å². The molecule has 3 aromatic rings. The highest BCUT2D eigenvalue weighted by atomic mass is 32.2. The second-order valence-corrected chi connectivity index (χ2v) is 10.4. The van der Waals surface area contributed by atoms with E-state index >= 15 is 0 Å². The molecule has 33 heavy (non-hydrogen) atoms. The Morgan fingerprint density at radius 2 is 1.76 bits per heavy atom. The van der Waals surface area contributed by atoms with E-state index in [0.717, 1.165) is 51.4 Å². The molecule has 0 aromatic heterocycles. The Morgan fingerprint density at radius 1 is 1.03 bits per heavy atom. The average molecular weight is 463 g/mol. The highest BCUT2D eigenvalue weighted by Gasteiger charge is 2.51. The van der Waals surface area contributed by atoms with Crippen molar-refractivity contribution in [2.75, 3.05) is 26.2 Å². The minimum atomic E-state index is -1.18. The highest BCUT2D eigenvalue weighted by Crippen LogP contribution is 2.51. The highest BCUT2D eigenvalue weighted by molar-refractivity contribution is 7.89. The van der Waals surface area contributed by atoms with Crippen LogP contribution in [-0.4, -0.2) is 35.7 Å². The lowest BCUT2D eigenvalue weighted by atomic mass is 9.93. The van der Waals surface area contributed by atoms with Crippen molar-refractivity contribution in [3.05, 3.63) is 71.8 Å². The van der Waals surface area contributed by atoms with Gasteiger partial charge in [0.05, 0.1) is 16.8 Å². The smallest absolute Gasteiger partial charge is 0.235 e. The summed E-state index contributed by atoms with van der Waals surface area (Å²) in [5.74, 6) is 1.42. The van der Waals surface area contributed by atoms with Gasteiger partial charge in [-0.3, -0.25) is 4.79 Å². The zero-order chi connectivity index (χ0) is 23.2. The molecule has 3 aromatic carbocycles. The molecule has 1 atom stereocenters. The molecule has 1 heterocycles. The van der Waals surface area contributed by atoms with Crippen LogP contribution in [0.25, 0.3) is 11.1 Å². The lowest BCUT2D eigenvalue weighted by molar-refractivity contribution is -0.118. The number of nitrogens with zero attached hydrogens (tertiary/aromatic N) is 1. The SMILES string of the molecule is Cc1c(NC(=O)C2(c3ccc4c(c3)OCO4)CC2)cccc1-c1ccc([S+]([O-])N(C)C)cc1. The molecule has 1 saturated carbocycles. The number of ether oxygens (including phenoxy) is 2. The summed E-state index contributed by atoms with van der Waals surface area (Å²) in [6.45, 7) is 2.23. The topological polar surface area (TPSA) is 73.9 Å². The Bertz CT molecular complexity index is 1210. The van der Waals surface area contributed by atoms with Crippen LogP contribution in [0.4, 0.5) is 5.69 Å². The molecule has 5 rings (SSSR count). The summed E-state index contributed by atoms with van der Waals surface area (Å²) in [7, 11) is 3.58. The zero-order valence-electron chi connectivity index (χ0n) is 18.9. The van der Waals surface area contributed by atoms with Crippen LogP contribution < -0.4 is 14.8 Å². The van der Waals surface area contributed by atoms with Gasteiger partial charge in [0.25, 0.3) is 0 Å². The third-order valence-corrected chi connectivity index (χ3v) is 7.73. The van der Waals surface area contributed by atoms with E-state index in [-0.39, 0.29) is 12.7 Å². The summed E-state index contributed by atoms with van der Waals surface area (Å²) in [4.78, 5) is 14.1. The molecule has 7 heteroatoms. The number of hydrogen-bond acceptors (Lipinski definition) is 5. The van der Waals surface area contributed by atoms with Crippen LogP contribution in [0.15, 0.2) is 65.6 Å². The summed E-state index contributed by atoms with van der Waals surface area (Å²) in [5, 5.41) is 3.17. The van der Waals surface area contributed by atoms with Crippen LogP contribution in [0.5, 0.6) is 11.5 Å². The predicted octanol–water partition coefficient (Wildman–Crippen LogP) is 4.65. The van der Waals surface area contributed by atoms with Gasteiger partial charge in [-0.05, 0) is 84.5 Å². The molecule has 1 amide bonds. The number of carbonyl (C=O) groups is 1. The number of nitrogens with one attached hydrogen (secondary N) is 1. The van der Waals surface area contributed by atoms with E-state index in [0.29, 0.717) is 5.75 Å². The number of anilines is 1. The van der Waals surface area contributed by atoms with Crippen molar-refractivity contribution in [3.63, 3.8) is 0 Å². The number of amides is 1. The number of rotatable bonds is 6. The van der Waals surface area contributed by atoms with Gasteiger partial charge >= 0.3 is 0 Å². The Hall–Kier alpha value is -3.00. The van der Waals surface area contributed by atoms with Crippen LogP contribution in [0.1, 0.15) is 24.0 Å². The first kappa shape index (κ1) is 21.8. The van der Waals surface area contributed by atoms with Crippen LogP contribution >= 0.6 is 0 Å². The van der Waals surface area contributed by atoms with E-state index in [9.17, 15) is 9.35 Å². The molecule has 1 aliphatic carbocycles. The second-order valence-electron chi connectivity index (χ2n) is 8.67. The fourth-order valence-electron chi connectivity index (χ4n) is 4.25. The van der Waals surface area contributed by atoms with E-state index in [2.05, 4.69) is 5.32 Å². The van der Waals surface area contributed by atoms with Crippen LogP contribution in [-0.2, 0) is 21.6 Å². The van der Waals surface area contributed by atoms with Gasteiger partial charge in [0.15, 0.2) is 16.4 Å². The van der Waals surface area contributed by atoms with E-state index in [1.54, 1.807) is 18.4 Å². The van der Waals surface area contributed by atoms with Gasteiger partial charge in [-0.15, -0.1) is 4.31 Å². The van der Waals surface area contributed by atoms with Gasteiger partial charge in [0.2, 0.25) is 12.7 Å². The molecule has 170 valence electrons. The molecule has 0 bridgehead atoms. The van der Waals surface area contributed by atoms with Crippen molar-refractivity contribution >= 4 is 23.0 Å². The van der Waals surface area contributed by atoms with Gasteiger partial charge in [-0.25, -0.2) is 0 Å². The molecule has 1 fully saturated rings. The van der Waals surface area contributed by atoms with Crippen molar-refractivity contribution in [2.24, 2.45) is 0 Å². The summed E-state index contributed by atoms with van der Waals surface area (Å²) < 4.78 is 24.9. The van der Waals surface area contributed by atoms with E-state index in [1.165, 1.54) is 0 Å². The van der Waals surface area contributed by atoms with Crippen LogP contribution in [0, 0.1) is 6.92 Å². The molecular weight excluding hydrogens is 436 g/mol. The summed E-state index contributed by atoms with van der Waals surface area (Å²) in [6, 6.07) is 19.4.